The molecular formula is C11H17N3O7S. The number of Topliss-reactive ketones (excluding diaryl/α,β-unsaturated/α-hetero) is 1. The van der Waals surface area contributed by atoms with Crippen LogP contribution in [0.3, 0.4) is 0 Å². The van der Waals surface area contributed by atoms with Gasteiger partial charge < -0.3 is 20.9 Å². The SMILES string of the molecule is NC(CCC(=O)C[C@@H](CSN=O)C(=O)NCOC=O)C(=O)O. The summed E-state index contributed by atoms with van der Waals surface area (Å²) in [5, 5.41) is 10.9. The summed E-state index contributed by atoms with van der Waals surface area (Å²) in [7, 11) is 0. The van der Waals surface area contributed by atoms with E-state index in [0.717, 1.165) is 0 Å². The molecule has 2 atom stereocenters. The number of rotatable bonds is 13. The molecule has 0 saturated carbocycles. The average molecular weight is 335 g/mol. The number of carboxylic acids is 1. The zero-order chi connectivity index (χ0) is 17.0. The van der Waals surface area contributed by atoms with Crippen LogP contribution in [0.1, 0.15) is 19.3 Å². The Bertz CT molecular complexity index is 418. The van der Waals surface area contributed by atoms with E-state index in [-0.39, 0.29) is 44.0 Å². The minimum Gasteiger partial charge on any atom is -0.480 e. The lowest BCUT2D eigenvalue weighted by atomic mass is 9.99. The molecule has 22 heavy (non-hydrogen) atoms. The predicted molar refractivity (Wildman–Crippen MR) is 76.4 cm³/mol. The maximum absolute atomic E-state index is 11.8. The molecule has 0 bridgehead atoms. The van der Waals surface area contributed by atoms with Crippen LogP contribution in [0.2, 0.25) is 0 Å². The molecule has 0 saturated heterocycles. The van der Waals surface area contributed by atoms with Gasteiger partial charge in [-0.2, -0.15) is 0 Å². The van der Waals surface area contributed by atoms with Crippen LogP contribution in [0, 0.1) is 10.8 Å². The summed E-state index contributed by atoms with van der Waals surface area (Å²) >= 11 is 0.582. The minimum atomic E-state index is -1.21. The zero-order valence-electron chi connectivity index (χ0n) is 11.6. The number of nitrogens with one attached hydrogen (secondary N) is 1. The lowest BCUT2D eigenvalue weighted by Gasteiger charge is -2.14. The molecule has 10 nitrogen and oxygen atoms in total. The Kier molecular flexibility index (Phi) is 10.6. The third-order valence-electron chi connectivity index (χ3n) is 2.62. The van der Waals surface area contributed by atoms with Gasteiger partial charge in [0.25, 0.3) is 6.47 Å². The number of nitrogens with two attached hydrogens (primary N) is 1. The quantitative estimate of drug-likeness (QED) is 0.131. The molecule has 0 fully saturated rings. The average Bonchev–Trinajstić information content (AvgIpc) is 2.48. The monoisotopic (exact) mass is 335 g/mol. The molecular weight excluding hydrogens is 318 g/mol. The molecule has 0 aromatic rings. The summed E-state index contributed by atoms with van der Waals surface area (Å²) < 4.78 is 6.85. The molecule has 0 aliphatic heterocycles. The molecule has 124 valence electrons. The normalized spacial score (nSPS) is 12.8. The Morgan fingerprint density at radius 2 is 2.09 bits per heavy atom. The van der Waals surface area contributed by atoms with Crippen molar-refractivity contribution >= 4 is 36.1 Å². The van der Waals surface area contributed by atoms with Gasteiger partial charge in [-0.15, -0.1) is 4.91 Å². The first kappa shape index (κ1) is 20.0. The van der Waals surface area contributed by atoms with Gasteiger partial charge in [-0.05, 0) is 6.42 Å². The molecule has 4 N–H and O–H groups in total. The van der Waals surface area contributed by atoms with Crippen LogP contribution in [0.15, 0.2) is 4.58 Å². The highest BCUT2D eigenvalue weighted by molar-refractivity contribution is 7.97. The van der Waals surface area contributed by atoms with Crippen LogP contribution in [0.4, 0.5) is 0 Å². The van der Waals surface area contributed by atoms with E-state index >= 15 is 0 Å². The van der Waals surface area contributed by atoms with Crippen molar-refractivity contribution in [3.63, 3.8) is 0 Å². The predicted octanol–water partition coefficient (Wildman–Crippen LogP) is -0.585. The number of carbonyl (C=O) groups is 4. The summed E-state index contributed by atoms with van der Waals surface area (Å²) in [5.74, 6) is -3.01. The molecule has 1 amide bonds. The number of carbonyl (C=O) groups excluding carboxylic acids is 3. The second-order valence-corrected chi connectivity index (χ2v) is 4.98. The van der Waals surface area contributed by atoms with Crippen molar-refractivity contribution in [1.29, 1.82) is 0 Å². The molecule has 0 radical (unpaired) electrons. The molecule has 11 heteroatoms. The molecule has 0 spiro atoms. The van der Waals surface area contributed by atoms with E-state index in [2.05, 4.69) is 14.6 Å². The lowest BCUT2D eigenvalue weighted by Crippen LogP contribution is -2.35. The number of ketones is 1. The lowest BCUT2D eigenvalue weighted by molar-refractivity contribution is -0.139. The largest absolute Gasteiger partial charge is 0.480 e. The molecule has 0 rings (SSSR count). The van der Waals surface area contributed by atoms with Crippen molar-refractivity contribution in [3.05, 3.63) is 4.91 Å². The van der Waals surface area contributed by atoms with Gasteiger partial charge in [0.05, 0.1) is 5.92 Å². The van der Waals surface area contributed by atoms with Crippen LogP contribution < -0.4 is 11.1 Å². The summed E-state index contributed by atoms with van der Waals surface area (Å²) in [5.41, 5.74) is 5.28. The number of carboxylic acid groups (broad SMARTS) is 1. The van der Waals surface area contributed by atoms with E-state index in [1.54, 1.807) is 0 Å². The summed E-state index contributed by atoms with van der Waals surface area (Å²) in [6.07, 6.45) is -0.334. The van der Waals surface area contributed by atoms with Crippen LogP contribution in [-0.2, 0) is 23.9 Å². The number of nitrogens with zero attached hydrogens (tertiary/aromatic N) is 1. The number of amides is 1. The number of hydrogen-bond acceptors (Lipinski definition) is 9. The highest BCUT2D eigenvalue weighted by Crippen LogP contribution is 2.15. The Morgan fingerprint density at radius 3 is 2.64 bits per heavy atom. The second kappa shape index (κ2) is 11.6. The molecule has 0 aliphatic rings. The van der Waals surface area contributed by atoms with E-state index in [4.69, 9.17) is 10.8 Å². The van der Waals surface area contributed by atoms with Crippen molar-refractivity contribution in [2.24, 2.45) is 16.2 Å². The van der Waals surface area contributed by atoms with E-state index < -0.39 is 23.8 Å². The fraction of sp³-hybridized carbons (Fsp3) is 0.636. The zero-order valence-corrected chi connectivity index (χ0v) is 12.4. The summed E-state index contributed by atoms with van der Waals surface area (Å²) in [4.78, 5) is 54.1. The Hall–Kier alpha value is -2.01. The van der Waals surface area contributed by atoms with Crippen LogP contribution in [0.25, 0.3) is 0 Å². The highest BCUT2D eigenvalue weighted by Gasteiger charge is 2.23. The van der Waals surface area contributed by atoms with Crippen molar-refractivity contribution in [3.8, 4) is 0 Å². The topological polar surface area (TPSA) is 165 Å². The summed E-state index contributed by atoms with van der Waals surface area (Å²) in [6.45, 7) is -0.203. The van der Waals surface area contributed by atoms with Gasteiger partial charge in [-0.25, -0.2) is 0 Å². The highest BCUT2D eigenvalue weighted by atomic mass is 32.2. The first-order chi connectivity index (χ1) is 10.4. The van der Waals surface area contributed by atoms with E-state index in [1.807, 2.05) is 0 Å². The number of hydrogen-bond donors (Lipinski definition) is 3. The van der Waals surface area contributed by atoms with E-state index in [0.29, 0.717) is 11.9 Å². The maximum Gasteiger partial charge on any atom is 0.320 e. The van der Waals surface area contributed by atoms with E-state index in [9.17, 15) is 24.1 Å². The van der Waals surface area contributed by atoms with E-state index in [1.165, 1.54) is 0 Å². The molecule has 0 heterocycles. The van der Waals surface area contributed by atoms with Crippen LogP contribution >= 0.6 is 11.9 Å². The fourth-order valence-corrected chi connectivity index (χ4v) is 1.97. The Morgan fingerprint density at radius 1 is 1.41 bits per heavy atom. The van der Waals surface area contributed by atoms with Gasteiger partial charge in [-0.3, -0.25) is 19.2 Å². The summed E-state index contributed by atoms with van der Waals surface area (Å²) in [6, 6.07) is -1.15. The molecule has 0 aromatic heterocycles. The maximum atomic E-state index is 11.8. The Labute approximate surface area is 130 Å². The molecule has 0 aromatic carbocycles. The standard InChI is InChI=1S/C11H17N3O7S/c12-9(11(18)19)2-1-8(16)3-7(4-22-14-20)10(17)13-5-21-6-15/h6-7,9H,1-5,12H2,(H,13,17)(H,18,19)/t7-,9?/m0/s1. The first-order valence-electron chi connectivity index (χ1n) is 6.20. The van der Waals surface area contributed by atoms with Crippen LogP contribution in [-0.4, -0.2) is 47.8 Å². The van der Waals surface area contributed by atoms with Gasteiger partial charge in [-0.1, -0.05) is 0 Å². The van der Waals surface area contributed by atoms with Crippen molar-refractivity contribution in [2.75, 3.05) is 12.5 Å². The van der Waals surface area contributed by atoms with Crippen molar-refractivity contribution in [1.82, 2.24) is 5.32 Å². The van der Waals surface area contributed by atoms with Crippen molar-refractivity contribution in [2.45, 2.75) is 25.3 Å². The van der Waals surface area contributed by atoms with Crippen LogP contribution in [0.5, 0.6) is 0 Å². The number of aliphatic carboxylic acids is 1. The first-order valence-corrected chi connectivity index (χ1v) is 7.14. The van der Waals surface area contributed by atoms with Crippen molar-refractivity contribution < 1.29 is 29.0 Å². The number of nitroso groups, excluding NO2 is 1. The van der Waals surface area contributed by atoms with Gasteiger partial charge in [0.1, 0.15) is 11.8 Å². The second-order valence-electron chi connectivity index (χ2n) is 4.24. The van der Waals surface area contributed by atoms with Gasteiger partial charge in [0.15, 0.2) is 6.73 Å². The third kappa shape index (κ3) is 9.02. The van der Waals surface area contributed by atoms with Gasteiger partial charge in [0.2, 0.25) is 5.91 Å². The fourth-order valence-electron chi connectivity index (χ4n) is 1.46. The molecule has 1 unspecified atom stereocenters. The number of ether oxygens (including phenoxy) is 1. The van der Waals surface area contributed by atoms with Gasteiger partial charge in [0, 0.05) is 35.1 Å². The Balaban J connectivity index is 4.40. The third-order valence-corrected chi connectivity index (χ3v) is 3.28. The smallest absolute Gasteiger partial charge is 0.320 e. The minimum absolute atomic E-state index is 0.0207. The van der Waals surface area contributed by atoms with Gasteiger partial charge >= 0.3 is 5.97 Å². The molecule has 0 aliphatic carbocycles.